The van der Waals surface area contributed by atoms with E-state index in [1.165, 1.54) is 0 Å². The number of carbonyl (C=O) groups excluding carboxylic acids is 1. The Kier molecular flexibility index (Phi) is 12.6. The van der Waals surface area contributed by atoms with E-state index in [0.717, 1.165) is 61.9 Å². The van der Waals surface area contributed by atoms with Crippen LogP contribution in [-0.2, 0) is 11.3 Å². The summed E-state index contributed by atoms with van der Waals surface area (Å²) in [6.07, 6.45) is 3.59. The Morgan fingerprint density at radius 3 is 2.57 bits per heavy atom. The fourth-order valence-corrected chi connectivity index (χ4v) is 3.45. The summed E-state index contributed by atoms with van der Waals surface area (Å²) in [5.74, 6) is 3.02. The number of amides is 1. The van der Waals surface area contributed by atoms with Crippen LogP contribution in [-0.4, -0.2) is 57.2 Å². The van der Waals surface area contributed by atoms with Crippen LogP contribution in [0.4, 0.5) is 0 Å². The standard InChI is InChI=1S/C22H36N4O3.HI/c1-5-13-29-19-8-7-18(14-20(19)28-4)16-25-22(24-6-2)26-11-9-17(10-12-26)15-21(27)23-3;/h7-8,14,17H,5-6,9-13,15-16H2,1-4H3,(H,23,27)(H,24,25);1H. The first-order valence-electron chi connectivity index (χ1n) is 10.6. The SMILES string of the molecule is CCCOc1ccc(CN=C(NCC)N2CCC(CC(=O)NC)CC2)cc1OC.I. The van der Waals surface area contributed by atoms with Gasteiger partial charge in [-0.2, -0.15) is 0 Å². The van der Waals surface area contributed by atoms with E-state index in [0.29, 0.717) is 25.5 Å². The van der Waals surface area contributed by atoms with Crippen molar-refractivity contribution in [2.24, 2.45) is 10.9 Å². The molecule has 0 atom stereocenters. The molecule has 30 heavy (non-hydrogen) atoms. The fourth-order valence-electron chi connectivity index (χ4n) is 3.45. The van der Waals surface area contributed by atoms with Crippen molar-refractivity contribution in [2.75, 3.05) is 40.4 Å². The zero-order valence-electron chi connectivity index (χ0n) is 18.7. The highest BCUT2D eigenvalue weighted by atomic mass is 127. The maximum absolute atomic E-state index is 11.6. The Labute approximate surface area is 198 Å². The Balaban J connectivity index is 0.00000450. The lowest BCUT2D eigenvalue weighted by atomic mass is 9.93. The number of halogens is 1. The molecule has 0 bridgehead atoms. The number of guanidine groups is 1. The predicted molar refractivity (Wildman–Crippen MR) is 132 cm³/mol. The van der Waals surface area contributed by atoms with Gasteiger partial charge in [0.25, 0.3) is 0 Å². The molecule has 0 unspecified atom stereocenters. The number of carbonyl (C=O) groups is 1. The maximum Gasteiger partial charge on any atom is 0.220 e. The van der Waals surface area contributed by atoms with Crippen molar-refractivity contribution in [3.63, 3.8) is 0 Å². The molecule has 1 fully saturated rings. The Morgan fingerprint density at radius 1 is 1.23 bits per heavy atom. The molecule has 7 nitrogen and oxygen atoms in total. The molecule has 2 rings (SSSR count). The Hall–Kier alpha value is -1.71. The molecule has 1 aromatic rings. The molecule has 0 radical (unpaired) electrons. The second-order valence-electron chi connectivity index (χ2n) is 7.31. The molecule has 1 aromatic carbocycles. The smallest absolute Gasteiger partial charge is 0.220 e. The Morgan fingerprint density at radius 2 is 1.97 bits per heavy atom. The van der Waals surface area contributed by atoms with Crippen molar-refractivity contribution in [1.29, 1.82) is 0 Å². The number of ether oxygens (including phenoxy) is 2. The van der Waals surface area contributed by atoms with Gasteiger partial charge in [-0.1, -0.05) is 13.0 Å². The number of hydrogen-bond donors (Lipinski definition) is 2. The van der Waals surface area contributed by atoms with Crippen LogP contribution in [0.15, 0.2) is 23.2 Å². The third-order valence-electron chi connectivity index (χ3n) is 5.10. The first-order valence-corrected chi connectivity index (χ1v) is 10.6. The van der Waals surface area contributed by atoms with Crippen molar-refractivity contribution in [1.82, 2.24) is 15.5 Å². The van der Waals surface area contributed by atoms with Gasteiger partial charge in [0, 0.05) is 33.1 Å². The molecule has 0 spiro atoms. The van der Waals surface area contributed by atoms with Crippen molar-refractivity contribution >= 4 is 35.8 Å². The number of likely N-dealkylation sites (tertiary alicyclic amines) is 1. The van der Waals surface area contributed by atoms with Crippen LogP contribution < -0.4 is 20.1 Å². The largest absolute Gasteiger partial charge is 0.493 e. The molecule has 1 amide bonds. The summed E-state index contributed by atoms with van der Waals surface area (Å²) in [5.41, 5.74) is 1.08. The van der Waals surface area contributed by atoms with E-state index in [1.54, 1.807) is 14.2 Å². The van der Waals surface area contributed by atoms with Gasteiger partial charge in [-0.25, -0.2) is 4.99 Å². The lowest BCUT2D eigenvalue weighted by Crippen LogP contribution is -2.46. The fraction of sp³-hybridized carbons (Fsp3) is 0.636. The quantitative estimate of drug-likeness (QED) is 0.290. The average molecular weight is 532 g/mol. The molecule has 0 aliphatic carbocycles. The zero-order valence-corrected chi connectivity index (χ0v) is 21.0. The first-order chi connectivity index (χ1) is 14.1. The van der Waals surface area contributed by atoms with Crippen molar-refractivity contribution in [2.45, 2.75) is 46.1 Å². The molecule has 8 heteroatoms. The molecule has 1 saturated heterocycles. The zero-order chi connectivity index (χ0) is 21.1. The van der Waals surface area contributed by atoms with E-state index in [4.69, 9.17) is 14.5 Å². The highest BCUT2D eigenvalue weighted by molar-refractivity contribution is 14.0. The van der Waals surface area contributed by atoms with Gasteiger partial charge in [-0.15, -0.1) is 24.0 Å². The normalized spacial score (nSPS) is 14.7. The van der Waals surface area contributed by atoms with Crippen molar-refractivity contribution in [3.05, 3.63) is 23.8 Å². The minimum absolute atomic E-state index is 0. The minimum Gasteiger partial charge on any atom is -0.493 e. The highest BCUT2D eigenvalue weighted by Crippen LogP contribution is 2.28. The van der Waals surface area contributed by atoms with Crippen molar-refractivity contribution in [3.8, 4) is 11.5 Å². The number of methoxy groups -OCH3 is 1. The van der Waals surface area contributed by atoms with Gasteiger partial charge < -0.3 is 25.0 Å². The van der Waals surface area contributed by atoms with E-state index < -0.39 is 0 Å². The third-order valence-corrected chi connectivity index (χ3v) is 5.10. The molecule has 1 heterocycles. The van der Waals surface area contributed by atoms with Gasteiger partial charge in [-0.05, 0) is 49.8 Å². The molecule has 1 aliphatic rings. The Bertz CT molecular complexity index is 676. The molecule has 2 N–H and O–H groups in total. The second-order valence-corrected chi connectivity index (χ2v) is 7.31. The highest BCUT2D eigenvalue weighted by Gasteiger charge is 2.23. The molecule has 170 valence electrons. The second kappa shape index (κ2) is 14.3. The van der Waals surface area contributed by atoms with E-state index in [-0.39, 0.29) is 29.9 Å². The molecule has 1 aliphatic heterocycles. The number of benzene rings is 1. The van der Waals surface area contributed by atoms with Gasteiger partial charge in [0.2, 0.25) is 5.91 Å². The van der Waals surface area contributed by atoms with E-state index in [9.17, 15) is 4.79 Å². The number of aliphatic imine (C=N–C) groups is 1. The lowest BCUT2D eigenvalue weighted by molar-refractivity contribution is -0.121. The number of nitrogens with zero attached hydrogens (tertiary/aromatic N) is 2. The summed E-state index contributed by atoms with van der Waals surface area (Å²) in [6.45, 7) is 8.07. The van der Waals surface area contributed by atoms with Gasteiger partial charge in [0.05, 0.1) is 20.3 Å². The summed E-state index contributed by atoms with van der Waals surface area (Å²) in [6, 6.07) is 5.99. The predicted octanol–water partition coefficient (Wildman–Crippen LogP) is 3.42. The minimum atomic E-state index is 0. The van der Waals surface area contributed by atoms with Gasteiger partial charge >= 0.3 is 0 Å². The third kappa shape index (κ3) is 8.20. The average Bonchev–Trinajstić information content (AvgIpc) is 2.75. The summed E-state index contributed by atoms with van der Waals surface area (Å²) >= 11 is 0. The van der Waals surface area contributed by atoms with Crippen LogP contribution in [0.3, 0.4) is 0 Å². The van der Waals surface area contributed by atoms with E-state index >= 15 is 0 Å². The van der Waals surface area contributed by atoms with Crippen LogP contribution in [0.5, 0.6) is 11.5 Å². The molecule has 0 saturated carbocycles. The van der Waals surface area contributed by atoms with Crippen LogP contribution in [0.1, 0.15) is 45.1 Å². The number of nitrogens with one attached hydrogen (secondary N) is 2. The van der Waals surface area contributed by atoms with E-state index in [1.807, 2.05) is 18.2 Å². The molecule has 0 aromatic heterocycles. The number of hydrogen-bond acceptors (Lipinski definition) is 4. The molecular formula is C22H37IN4O3. The van der Waals surface area contributed by atoms with Crippen LogP contribution >= 0.6 is 24.0 Å². The van der Waals surface area contributed by atoms with E-state index in [2.05, 4.69) is 29.4 Å². The topological polar surface area (TPSA) is 75.2 Å². The monoisotopic (exact) mass is 532 g/mol. The van der Waals surface area contributed by atoms with Crippen LogP contribution in [0.2, 0.25) is 0 Å². The summed E-state index contributed by atoms with van der Waals surface area (Å²) in [5, 5.41) is 6.12. The summed E-state index contributed by atoms with van der Waals surface area (Å²) in [7, 11) is 3.36. The summed E-state index contributed by atoms with van der Waals surface area (Å²) in [4.78, 5) is 18.7. The maximum atomic E-state index is 11.6. The van der Waals surface area contributed by atoms with Gasteiger partial charge in [0.1, 0.15) is 0 Å². The van der Waals surface area contributed by atoms with Crippen LogP contribution in [0, 0.1) is 5.92 Å². The van der Waals surface area contributed by atoms with Gasteiger partial charge in [-0.3, -0.25) is 4.79 Å². The van der Waals surface area contributed by atoms with Crippen molar-refractivity contribution < 1.29 is 14.3 Å². The first kappa shape index (κ1) is 26.3. The molecular weight excluding hydrogens is 495 g/mol. The summed E-state index contributed by atoms with van der Waals surface area (Å²) < 4.78 is 11.2. The van der Waals surface area contributed by atoms with Gasteiger partial charge in [0.15, 0.2) is 17.5 Å². The number of piperidine rings is 1. The van der Waals surface area contributed by atoms with Crippen LogP contribution in [0.25, 0.3) is 0 Å². The lowest BCUT2D eigenvalue weighted by Gasteiger charge is -2.34. The number of rotatable bonds is 9.